The highest BCUT2D eigenvalue weighted by Crippen LogP contribution is 2.27. The average Bonchev–Trinajstić information content (AvgIpc) is 2.65. The van der Waals surface area contributed by atoms with Crippen molar-refractivity contribution in [3.05, 3.63) is 0 Å². The molecular weight excluding hydrogens is 234 g/mol. The first-order valence-corrected chi connectivity index (χ1v) is 6.34. The second-order valence-corrected chi connectivity index (χ2v) is 6.06. The zero-order chi connectivity index (χ0) is 13.9. The van der Waals surface area contributed by atoms with Gasteiger partial charge in [-0.25, -0.2) is 0 Å². The third-order valence-corrected chi connectivity index (χ3v) is 3.42. The fourth-order valence-electron chi connectivity index (χ4n) is 2.25. The molecule has 0 radical (unpaired) electrons. The number of hydrogen-bond acceptors (Lipinski definition) is 3. The fourth-order valence-corrected chi connectivity index (χ4v) is 2.25. The van der Waals surface area contributed by atoms with Crippen LogP contribution in [0.3, 0.4) is 0 Å². The molecule has 0 bridgehead atoms. The molecule has 1 fully saturated rings. The normalized spacial score (nSPS) is 23.4. The zero-order valence-corrected chi connectivity index (χ0v) is 11.5. The average molecular weight is 257 g/mol. The summed E-state index contributed by atoms with van der Waals surface area (Å²) in [5.74, 6) is -2.23. The molecule has 1 heterocycles. The van der Waals surface area contributed by atoms with Crippen LogP contribution in [0.25, 0.3) is 0 Å². The van der Waals surface area contributed by atoms with Gasteiger partial charge in [0.1, 0.15) is 5.92 Å². The first-order valence-electron chi connectivity index (χ1n) is 6.34. The molecule has 0 aromatic rings. The van der Waals surface area contributed by atoms with Crippen LogP contribution in [0.15, 0.2) is 0 Å². The van der Waals surface area contributed by atoms with Gasteiger partial charge in [0.25, 0.3) is 0 Å². The van der Waals surface area contributed by atoms with Gasteiger partial charge in [0.15, 0.2) is 0 Å². The Labute approximate surface area is 108 Å². The van der Waals surface area contributed by atoms with Crippen molar-refractivity contribution in [1.82, 2.24) is 5.32 Å². The molecule has 0 spiro atoms. The Hall–Kier alpha value is -1.10. The van der Waals surface area contributed by atoms with Crippen LogP contribution in [0.4, 0.5) is 0 Å². The van der Waals surface area contributed by atoms with Crippen molar-refractivity contribution < 1.29 is 19.4 Å². The van der Waals surface area contributed by atoms with Gasteiger partial charge >= 0.3 is 5.97 Å². The van der Waals surface area contributed by atoms with Gasteiger partial charge in [-0.05, 0) is 18.8 Å². The summed E-state index contributed by atoms with van der Waals surface area (Å²) in [6.07, 6.45) is 0.911. The molecule has 0 aromatic carbocycles. The number of carboxylic acid groups (broad SMARTS) is 1. The van der Waals surface area contributed by atoms with Crippen LogP contribution < -0.4 is 5.32 Å². The number of carboxylic acids is 1. The van der Waals surface area contributed by atoms with Crippen molar-refractivity contribution in [1.29, 1.82) is 0 Å². The Morgan fingerprint density at radius 1 is 1.39 bits per heavy atom. The lowest BCUT2D eigenvalue weighted by Gasteiger charge is -2.28. The van der Waals surface area contributed by atoms with Gasteiger partial charge < -0.3 is 15.2 Å². The van der Waals surface area contributed by atoms with E-state index in [2.05, 4.69) is 5.32 Å². The summed E-state index contributed by atoms with van der Waals surface area (Å²) in [5, 5.41) is 12.0. The topological polar surface area (TPSA) is 75.6 Å². The lowest BCUT2D eigenvalue weighted by Crippen LogP contribution is -2.47. The van der Waals surface area contributed by atoms with Gasteiger partial charge in [-0.2, -0.15) is 0 Å². The maximum atomic E-state index is 12.1. The Morgan fingerprint density at radius 3 is 2.39 bits per heavy atom. The lowest BCUT2D eigenvalue weighted by atomic mass is 9.80. The predicted octanol–water partition coefficient (Wildman–Crippen LogP) is 1.27. The Morgan fingerprint density at radius 2 is 2.00 bits per heavy atom. The van der Waals surface area contributed by atoms with Crippen molar-refractivity contribution >= 4 is 11.9 Å². The number of amides is 1. The third kappa shape index (κ3) is 3.70. The first kappa shape index (κ1) is 15.0. The molecule has 3 atom stereocenters. The minimum atomic E-state index is -1.07. The number of hydrogen-bond donors (Lipinski definition) is 2. The maximum Gasteiger partial charge on any atom is 0.316 e. The number of ether oxygens (including phenoxy) is 1. The standard InChI is InChI=1S/C13H23NO4/c1-8(9-5-6-18-7-9)14-11(15)10(12(16)17)13(2,3)4/h8-10H,5-7H2,1-4H3,(H,14,15)(H,16,17). The second kappa shape index (κ2) is 5.69. The highest BCUT2D eigenvalue weighted by molar-refractivity contribution is 5.97. The number of carbonyl (C=O) groups is 2. The zero-order valence-electron chi connectivity index (χ0n) is 11.5. The molecule has 2 N–H and O–H groups in total. The minimum absolute atomic E-state index is 0.0517. The molecule has 3 unspecified atom stereocenters. The molecule has 1 aliphatic heterocycles. The van der Waals surface area contributed by atoms with Gasteiger partial charge in [-0.3, -0.25) is 9.59 Å². The number of rotatable bonds is 4. The van der Waals surface area contributed by atoms with Crippen LogP contribution in [0.2, 0.25) is 0 Å². The van der Waals surface area contributed by atoms with Crippen LogP contribution in [-0.2, 0) is 14.3 Å². The monoisotopic (exact) mass is 257 g/mol. The summed E-state index contributed by atoms with van der Waals surface area (Å²) < 4.78 is 5.27. The Bertz CT molecular complexity index is 315. The number of nitrogens with one attached hydrogen (secondary N) is 1. The van der Waals surface area contributed by atoms with E-state index in [0.29, 0.717) is 13.2 Å². The Kier molecular flexibility index (Phi) is 4.73. The van der Waals surface area contributed by atoms with E-state index in [1.165, 1.54) is 0 Å². The number of aliphatic carboxylic acids is 1. The van der Waals surface area contributed by atoms with Crippen molar-refractivity contribution in [2.75, 3.05) is 13.2 Å². The fraction of sp³-hybridized carbons (Fsp3) is 0.846. The number of carbonyl (C=O) groups excluding carboxylic acids is 1. The SMILES string of the molecule is CC(NC(=O)C(C(=O)O)C(C)(C)C)C1CCOC1. The maximum absolute atomic E-state index is 12.1. The molecule has 5 heteroatoms. The molecule has 0 aromatic heterocycles. The summed E-state index contributed by atoms with van der Waals surface area (Å²) >= 11 is 0. The molecule has 1 rings (SSSR count). The molecular formula is C13H23NO4. The van der Waals surface area contributed by atoms with E-state index in [0.717, 1.165) is 6.42 Å². The van der Waals surface area contributed by atoms with Crippen LogP contribution in [-0.4, -0.2) is 36.2 Å². The van der Waals surface area contributed by atoms with Crippen LogP contribution in [0.1, 0.15) is 34.1 Å². The summed E-state index contributed by atoms with van der Waals surface area (Å²) in [6.45, 7) is 8.53. The van der Waals surface area contributed by atoms with E-state index >= 15 is 0 Å². The largest absolute Gasteiger partial charge is 0.481 e. The Balaban J connectivity index is 2.64. The van der Waals surface area contributed by atoms with E-state index in [1.54, 1.807) is 20.8 Å². The van der Waals surface area contributed by atoms with Crippen molar-refractivity contribution in [2.45, 2.75) is 40.2 Å². The summed E-state index contributed by atoms with van der Waals surface area (Å²) in [5.41, 5.74) is -0.595. The van der Waals surface area contributed by atoms with Crippen LogP contribution in [0, 0.1) is 17.3 Å². The molecule has 104 valence electrons. The first-order chi connectivity index (χ1) is 8.23. The second-order valence-electron chi connectivity index (χ2n) is 6.06. The smallest absolute Gasteiger partial charge is 0.316 e. The highest BCUT2D eigenvalue weighted by Gasteiger charge is 2.38. The lowest BCUT2D eigenvalue weighted by molar-refractivity contribution is -0.151. The van der Waals surface area contributed by atoms with Crippen molar-refractivity contribution in [3.8, 4) is 0 Å². The molecule has 0 saturated carbocycles. The van der Waals surface area contributed by atoms with Gasteiger partial charge in [0, 0.05) is 18.6 Å². The van der Waals surface area contributed by atoms with Crippen LogP contribution in [0.5, 0.6) is 0 Å². The predicted molar refractivity (Wildman–Crippen MR) is 67.1 cm³/mol. The van der Waals surface area contributed by atoms with Gasteiger partial charge in [-0.15, -0.1) is 0 Å². The quantitative estimate of drug-likeness (QED) is 0.744. The van der Waals surface area contributed by atoms with E-state index in [1.807, 2.05) is 6.92 Å². The molecule has 5 nitrogen and oxygen atoms in total. The highest BCUT2D eigenvalue weighted by atomic mass is 16.5. The van der Waals surface area contributed by atoms with Gasteiger partial charge in [0.2, 0.25) is 5.91 Å². The summed E-state index contributed by atoms with van der Waals surface area (Å²) in [7, 11) is 0. The summed E-state index contributed by atoms with van der Waals surface area (Å²) in [6, 6.07) is -0.0517. The molecule has 1 amide bonds. The van der Waals surface area contributed by atoms with E-state index < -0.39 is 23.2 Å². The molecule has 18 heavy (non-hydrogen) atoms. The van der Waals surface area contributed by atoms with Crippen molar-refractivity contribution in [3.63, 3.8) is 0 Å². The van der Waals surface area contributed by atoms with E-state index in [4.69, 9.17) is 4.74 Å². The summed E-state index contributed by atoms with van der Waals surface area (Å²) in [4.78, 5) is 23.3. The minimum Gasteiger partial charge on any atom is -0.481 e. The van der Waals surface area contributed by atoms with E-state index in [-0.39, 0.29) is 12.0 Å². The van der Waals surface area contributed by atoms with E-state index in [9.17, 15) is 14.7 Å². The third-order valence-electron chi connectivity index (χ3n) is 3.42. The molecule has 0 aliphatic carbocycles. The van der Waals surface area contributed by atoms with Crippen LogP contribution >= 0.6 is 0 Å². The van der Waals surface area contributed by atoms with Gasteiger partial charge in [-0.1, -0.05) is 20.8 Å². The van der Waals surface area contributed by atoms with Crippen molar-refractivity contribution in [2.24, 2.45) is 17.3 Å². The molecule has 1 saturated heterocycles. The molecule has 1 aliphatic rings. The van der Waals surface area contributed by atoms with Gasteiger partial charge in [0.05, 0.1) is 6.61 Å².